The Morgan fingerprint density at radius 3 is 2.70 bits per heavy atom. The van der Waals surface area contributed by atoms with Crippen molar-refractivity contribution in [3.05, 3.63) is 29.8 Å². The van der Waals surface area contributed by atoms with E-state index in [4.69, 9.17) is 0 Å². The van der Waals surface area contributed by atoms with Gasteiger partial charge in [0.25, 0.3) is 0 Å². The monoisotopic (exact) mass is 344 g/mol. The first-order valence-electron chi connectivity index (χ1n) is 7.99. The summed E-state index contributed by atoms with van der Waals surface area (Å²) in [5, 5.41) is 3.13. The molecule has 7 heteroatoms. The molecule has 0 radical (unpaired) electrons. The first-order chi connectivity index (χ1) is 10.8. The number of rotatable bonds is 4. The number of nitrogens with zero attached hydrogens (tertiary/aromatic N) is 1. The van der Waals surface area contributed by atoms with Crippen LogP contribution < -0.4 is 10.2 Å². The lowest BCUT2D eigenvalue weighted by Crippen LogP contribution is -2.46. The maximum atomic E-state index is 13.9. The van der Waals surface area contributed by atoms with Gasteiger partial charge >= 0.3 is 0 Å². The molecule has 0 aromatic heterocycles. The lowest BCUT2D eigenvalue weighted by molar-refractivity contribution is 0.447. The van der Waals surface area contributed by atoms with E-state index in [0.29, 0.717) is 25.2 Å². The molecule has 3 rings (SSSR count). The summed E-state index contributed by atoms with van der Waals surface area (Å²) in [5.74, 6) is -1.14. The van der Waals surface area contributed by atoms with Gasteiger partial charge in [-0.3, -0.25) is 0 Å². The fourth-order valence-corrected chi connectivity index (χ4v) is 5.19. The van der Waals surface area contributed by atoms with E-state index in [0.717, 1.165) is 25.3 Å². The van der Waals surface area contributed by atoms with Crippen LogP contribution in [0.1, 0.15) is 25.7 Å². The zero-order valence-corrected chi connectivity index (χ0v) is 14.0. The van der Waals surface area contributed by atoms with Crippen LogP contribution in [0, 0.1) is 11.6 Å². The lowest BCUT2D eigenvalue weighted by Gasteiger charge is -2.24. The van der Waals surface area contributed by atoms with Crippen LogP contribution in [0.4, 0.5) is 14.5 Å². The molecule has 0 unspecified atom stereocenters. The first kappa shape index (κ1) is 16.6. The van der Waals surface area contributed by atoms with Crippen LogP contribution in [0.25, 0.3) is 0 Å². The highest BCUT2D eigenvalue weighted by Gasteiger charge is 2.37. The summed E-state index contributed by atoms with van der Waals surface area (Å²) in [4.78, 5) is 1.89. The summed E-state index contributed by atoms with van der Waals surface area (Å²) in [7, 11) is -3.05. The number of sulfone groups is 1. The van der Waals surface area contributed by atoms with E-state index in [1.165, 1.54) is 18.4 Å². The van der Waals surface area contributed by atoms with Crippen LogP contribution in [0.3, 0.4) is 0 Å². The summed E-state index contributed by atoms with van der Waals surface area (Å²) in [5.41, 5.74) is 0.404. The molecular weight excluding hydrogens is 322 g/mol. The zero-order valence-electron chi connectivity index (χ0n) is 13.1. The van der Waals surface area contributed by atoms with Crippen molar-refractivity contribution in [2.45, 2.75) is 43.0 Å². The molecule has 128 valence electrons. The first-order valence-corrected chi connectivity index (χ1v) is 9.95. The van der Waals surface area contributed by atoms with E-state index in [-0.39, 0.29) is 17.3 Å². The minimum Gasteiger partial charge on any atom is -0.368 e. The number of benzene rings is 1. The minimum absolute atomic E-state index is 0.0204. The number of hydrogen-bond donors (Lipinski definition) is 1. The third kappa shape index (κ3) is 3.66. The van der Waals surface area contributed by atoms with E-state index in [1.54, 1.807) is 0 Å². The predicted octanol–water partition coefficient (Wildman–Crippen LogP) is 2.10. The molecule has 0 bridgehead atoms. The summed E-state index contributed by atoms with van der Waals surface area (Å²) >= 11 is 0. The summed E-state index contributed by atoms with van der Waals surface area (Å²) < 4.78 is 50.6. The Labute approximate surface area is 135 Å². The van der Waals surface area contributed by atoms with Crippen LogP contribution in [0.2, 0.25) is 0 Å². The van der Waals surface area contributed by atoms with E-state index < -0.39 is 21.5 Å². The van der Waals surface area contributed by atoms with Gasteiger partial charge < -0.3 is 10.2 Å². The minimum atomic E-state index is -3.05. The van der Waals surface area contributed by atoms with E-state index in [1.807, 2.05) is 4.90 Å². The molecule has 1 aromatic rings. The third-order valence-electron chi connectivity index (χ3n) is 4.89. The van der Waals surface area contributed by atoms with E-state index in [2.05, 4.69) is 5.32 Å². The molecule has 1 saturated carbocycles. The van der Waals surface area contributed by atoms with Gasteiger partial charge in [-0.05, 0) is 31.4 Å². The SMILES string of the molecule is CS(=O)(=O)[C@@H]1CCC[C@@H]1N[C@@H]1CCN(c2ccc(F)cc2F)C1. The van der Waals surface area contributed by atoms with Crippen LogP contribution >= 0.6 is 0 Å². The number of anilines is 1. The standard InChI is InChI=1S/C16H22F2N2O2S/c1-23(21,22)16-4-2-3-14(16)19-12-7-8-20(10-12)15-6-5-11(17)9-13(15)18/h5-6,9,12,14,16,19H,2-4,7-8,10H2,1H3/t12-,14+,16-/m1/s1. The molecule has 1 aliphatic carbocycles. The smallest absolute Gasteiger partial charge is 0.151 e. The van der Waals surface area contributed by atoms with Crippen LogP contribution in [-0.4, -0.2) is 45.1 Å². The largest absolute Gasteiger partial charge is 0.368 e. The van der Waals surface area contributed by atoms with Crippen molar-refractivity contribution in [1.82, 2.24) is 5.32 Å². The van der Waals surface area contributed by atoms with Crippen LogP contribution in [0.5, 0.6) is 0 Å². The van der Waals surface area contributed by atoms with Gasteiger partial charge in [0.15, 0.2) is 9.84 Å². The Kier molecular flexibility index (Phi) is 4.60. The van der Waals surface area contributed by atoms with Crippen molar-refractivity contribution in [1.29, 1.82) is 0 Å². The summed E-state index contributed by atoms with van der Waals surface area (Å²) in [6.45, 7) is 1.28. The second-order valence-electron chi connectivity index (χ2n) is 6.60. The van der Waals surface area contributed by atoms with Gasteiger partial charge in [-0.1, -0.05) is 6.42 Å². The molecule has 1 aliphatic heterocycles. The number of halogens is 2. The normalized spacial score (nSPS) is 28.5. The second kappa shape index (κ2) is 6.36. The van der Waals surface area contributed by atoms with Crippen molar-refractivity contribution >= 4 is 15.5 Å². The van der Waals surface area contributed by atoms with Gasteiger partial charge in [-0.15, -0.1) is 0 Å². The van der Waals surface area contributed by atoms with E-state index >= 15 is 0 Å². The average molecular weight is 344 g/mol. The number of hydrogen-bond acceptors (Lipinski definition) is 4. The van der Waals surface area contributed by atoms with E-state index in [9.17, 15) is 17.2 Å². The maximum Gasteiger partial charge on any atom is 0.151 e. The molecule has 2 aliphatic rings. The Bertz CT molecular complexity index is 681. The van der Waals surface area contributed by atoms with Crippen molar-refractivity contribution in [2.24, 2.45) is 0 Å². The molecule has 0 spiro atoms. The van der Waals surface area contributed by atoms with Crippen molar-refractivity contribution in [3.8, 4) is 0 Å². The molecule has 2 fully saturated rings. The Hall–Kier alpha value is -1.21. The van der Waals surface area contributed by atoms with Crippen molar-refractivity contribution in [2.75, 3.05) is 24.2 Å². The fraction of sp³-hybridized carbons (Fsp3) is 0.625. The van der Waals surface area contributed by atoms with Gasteiger partial charge in [0.05, 0.1) is 10.9 Å². The van der Waals surface area contributed by atoms with Crippen molar-refractivity contribution < 1.29 is 17.2 Å². The number of nitrogens with one attached hydrogen (secondary N) is 1. The van der Waals surface area contributed by atoms with Gasteiger partial charge in [0, 0.05) is 37.5 Å². The Morgan fingerprint density at radius 2 is 2.00 bits per heavy atom. The topological polar surface area (TPSA) is 49.4 Å². The lowest BCUT2D eigenvalue weighted by atomic mass is 10.2. The molecule has 1 saturated heterocycles. The van der Waals surface area contributed by atoms with Gasteiger partial charge in [0.2, 0.25) is 0 Å². The van der Waals surface area contributed by atoms with Crippen LogP contribution in [-0.2, 0) is 9.84 Å². The fourth-order valence-electron chi connectivity index (χ4n) is 3.78. The summed E-state index contributed by atoms with van der Waals surface area (Å²) in [6.07, 6.45) is 4.60. The van der Waals surface area contributed by atoms with Gasteiger partial charge in [0.1, 0.15) is 11.6 Å². The molecule has 0 amide bonds. The molecule has 3 atom stereocenters. The highest BCUT2D eigenvalue weighted by Crippen LogP contribution is 2.28. The molecule has 1 aromatic carbocycles. The quantitative estimate of drug-likeness (QED) is 0.909. The molecule has 1 heterocycles. The molecule has 23 heavy (non-hydrogen) atoms. The highest BCUT2D eigenvalue weighted by molar-refractivity contribution is 7.91. The highest BCUT2D eigenvalue weighted by atomic mass is 32.2. The summed E-state index contributed by atoms with van der Waals surface area (Å²) in [6, 6.07) is 3.73. The van der Waals surface area contributed by atoms with Gasteiger partial charge in [-0.2, -0.15) is 0 Å². The van der Waals surface area contributed by atoms with Gasteiger partial charge in [-0.25, -0.2) is 17.2 Å². The van der Waals surface area contributed by atoms with Crippen LogP contribution in [0.15, 0.2) is 18.2 Å². The Balaban J connectivity index is 1.64. The maximum absolute atomic E-state index is 13.9. The Morgan fingerprint density at radius 1 is 1.22 bits per heavy atom. The third-order valence-corrected chi connectivity index (χ3v) is 6.56. The second-order valence-corrected chi connectivity index (χ2v) is 8.86. The van der Waals surface area contributed by atoms with Crippen molar-refractivity contribution in [3.63, 3.8) is 0 Å². The average Bonchev–Trinajstić information content (AvgIpc) is 3.08. The molecule has 1 N–H and O–H groups in total. The predicted molar refractivity (Wildman–Crippen MR) is 86.4 cm³/mol. The zero-order chi connectivity index (χ0) is 16.6. The molecular formula is C16H22F2N2O2S. The molecule has 4 nitrogen and oxygen atoms in total.